The molecule has 3 aromatic carbocycles. The van der Waals surface area contributed by atoms with Gasteiger partial charge >= 0.3 is 0 Å². The van der Waals surface area contributed by atoms with E-state index in [2.05, 4.69) is 0 Å². The third-order valence-corrected chi connectivity index (χ3v) is 6.23. The Morgan fingerprint density at radius 3 is 1.77 bits per heavy atom. The van der Waals surface area contributed by atoms with E-state index in [1.165, 1.54) is 0 Å². The molecule has 146 valence electrons. The molecule has 0 spiro atoms. The van der Waals surface area contributed by atoms with Gasteiger partial charge in [0.1, 0.15) is 5.37 Å². The molecule has 1 aromatic heterocycles. The number of amides is 1. The second kappa shape index (κ2) is 8.13. The van der Waals surface area contributed by atoms with Crippen LogP contribution in [0.15, 0.2) is 97.1 Å². The molecule has 0 saturated carbocycles. The number of hydrogen-bond acceptors (Lipinski definition) is 4. The summed E-state index contributed by atoms with van der Waals surface area (Å²) in [4.78, 5) is 24.3. The number of thioether (sulfide) groups is 1. The summed E-state index contributed by atoms with van der Waals surface area (Å²) < 4.78 is 0. The average Bonchev–Trinajstić information content (AvgIpc) is 3.22. The second-order valence-corrected chi connectivity index (χ2v) is 8.08. The van der Waals surface area contributed by atoms with Gasteiger partial charge in [-0.1, -0.05) is 91.0 Å². The first-order chi connectivity index (χ1) is 14.8. The van der Waals surface area contributed by atoms with Crippen LogP contribution in [0.2, 0.25) is 0 Å². The zero-order chi connectivity index (χ0) is 20.3. The lowest BCUT2D eigenvalue weighted by Gasteiger charge is -2.23. The van der Waals surface area contributed by atoms with E-state index in [1.54, 1.807) is 16.7 Å². The molecule has 0 bridgehead atoms. The molecule has 1 unspecified atom stereocenters. The van der Waals surface area contributed by atoms with Gasteiger partial charge in [0.2, 0.25) is 11.9 Å². The summed E-state index contributed by atoms with van der Waals surface area (Å²) in [7, 11) is 0. The summed E-state index contributed by atoms with van der Waals surface area (Å²) >= 11 is 1.61. The van der Waals surface area contributed by atoms with Crippen LogP contribution in [0.4, 0.5) is 5.95 Å². The van der Waals surface area contributed by atoms with Crippen LogP contribution >= 0.6 is 11.8 Å². The maximum Gasteiger partial charge on any atom is 0.240 e. The highest BCUT2D eigenvalue weighted by Gasteiger charge is 2.36. The minimum Gasteiger partial charge on any atom is -0.273 e. The van der Waals surface area contributed by atoms with Gasteiger partial charge in [-0.2, -0.15) is 0 Å². The molecule has 30 heavy (non-hydrogen) atoms. The Bertz CT molecular complexity index is 1110. The molecule has 1 fully saturated rings. The van der Waals surface area contributed by atoms with E-state index in [1.807, 2.05) is 97.1 Å². The van der Waals surface area contributed by atoms with Crippen molar-refractivity contribution in [2.45, 2.75) is 5.37 Å². The number of benzene rings is 3. The lowest BCUT2D eigenvalue weighted by molar-refractivity contribution is -0.115. The Balaban J connectivity index is 1.66. The number of rotatable bonds is 4. The molecule has 0 radical (unpaired) electrons. The van der Waals surface area contributed by atoms with E-state index < -0.39 is 0 Å². The van der Waals surface area contributed by atoms with Crippen molar-refractivity contribution < 1.29 is 4.79 Å². The minimum atomic E-state index is -0.131. The number of carbonyl (C=O) groups excluding carboxylic acids is 1. The summed E-state index contributed by atoms with van der Waals surface area (Å²) in [6, 6.07) is 32.1. The Labute approximate surface area is 179 Å². The van der Waals surface area contributed by atoms with E-state index in [-0.39, 0.29) is 11.3 Å². The number of nitrogens with zero attached hydrogens (tertiary/aromatic N) is 3. The number of anilines is 1. The van der Waals surface area contributed by atoms with Gasteiger partial charge in [-0.25, -0.2) is 9.97 Å². The van der Waals surface area contributed by atoms with E-state index in [0.29, 0.717) is 11.7 Å². The van der Waals surface area contributed by atoms with Crippen molar-refractivity contribution in [3.63, 3.8) is 0 Å². The second-order valence-electron chi connectivity index (χ2n) is 7.01. The van der Waals surface area contributed by atoms with Crippen molar-refractivity contribution >= 4 is 23.6 Å². The highest BCUT2D eigenvalue weighted by molar-refractivity contribution is 8.00. The topological polar surface area (TPSA) is 46.1 Å². The first kappa shape index (κ1) is 18.6. The SMILES string of the molecule is O=C1CSC(c2ccccc2)N1c1nc(-c2ccccc2)cc(-c2ccccc2)n1. The Hall–Kier alpha value is -3.44. The van der Waals surface area contributed by atoms with Crippen molar-refractivity contribution in [3.05, 3.63) is 103 Å². The standard InChI is InChI=1S/C25H19N3OS/c29-23-17-30-24(20-14-8-3-9-15-20)28(23)25-26-21(18-10-4-1-5-11-18)16-22(27-25)19-12-6-2-7-13-19/h1-16,24H,17H2. The molecular formula is C25H19N3OS. The summed E-state index contributed by atoms with van der Waals surface area (Å²) in [6.45, 7) is 0. The van der Waals surface area contributed by atoms with Gasteiger partial charge < -0.3 is 0 Å². The molecule has 4 nitrogen and oxygen atoms in total. The molecule has 1 aliphatic heterocycles. The van der Waals surface area contributed by atoms with Gasteiger partial charge in [0.05, 0.1) is 17.1 Å². The van der Waals surface area contributed by atoms with Crippen LogP contribution in [-0.2, 0) is 4.79 Å². The van der Waals surface area contributed by atoms with Crippen LogP contribution in [0.3, 0.4) is 0 Å². The van der Waals surface area contributed by atoms with Gasteiger partial charge in [-0.3, -0.25) is 9.69 Å². The fourth-order valence-electron chi connectivity index (χ4n) is 3.56. The highest BCUT2D eigenvalue weighted by atomic mass is 32.2. The van der Waals surface area contributed by atoms with E-state index >= 15 is 0 Å². The molecule has 1 aliphatic rings. The van der Waals surface area contributed by atoms with Gasteiger partial charge in [0.15, 0.2) is 0 Å². The maximum absolute atomic E-state index is 12.9. The number of aromatic nitrogens is 2. The molecule has 1 atom stereocenters. The van der Waals surface area contributed by atoms with Crippen LogP contribution in [0.25, 0.3) is 22.5 Å². The summed E-state index contributed by atoms with van der Waals surface area (Å²) in [5.41, 5.74) is 4.66. The largest absolute Gasteiger partial charge is 0.273 e. The number of hydrogen-bond donors (Lipinski definition) is 0. The zero-order valence-corrected chi connectivity index (χ0v) is 17.0. The predicted octanol–water partition coefficient (Wildman–Crippen LogP) is 5.59. The molecule has 4 aromatic rings. The fourth-order valence-corrected chi connectivity index (χ4v) is 4.71. The minimum absolute atomic E-state index is 0.0260. The van der Waals surface area contributed by atoms with Gasteiger partial charge in [-0.15, -0.1) is 11.8 Å². The Kier molecular flexibility index (Phi) is 5.03. The van der Waals surface area contributed by atoms with E-state index in [4.69, 9.17) is 9.97 Å². The lowest BCUT2D eigenvalue weighted by atomic mass is 10.1. The summed E-state index contributed by atoms with van der Waals surface area (Å²) in [5.74, 6) is 0.885. The lowest BCUT2D eigenvalue weighted by Crippen LogP contribution is -2.29. The first-order valence-electron chi connectivity index (χ1n) is 9.78. The molecule has 1 amide bonds. The van der Waals surface area contributed by atoms with Crippen molar-refractivity contribution in [1.82, 2.24) is 9.97 Å². The summed E-state index contributed by atoms with van der Waals surface area (Å²) in [5, 5.41) is -0.131. The van der Waals surface area contributed by atoms with E-state index in [0.717, 1.165) is 28.1 Å². The zero-order valence-electron chi connectivity index (χ0n) is 16.2. The highest BCUT2D eigenvalue weighted by Crippen LogP contribution is 2.41. The van der Waals surface area contributed by atoms with Gasteiger partial charge in [0.25, 0.3) is 0 Å². The summed E-state index contributed by atoms with van der Waals surface area (Å²) in [6.07, 6.45) is 0. The van der Waals surface area contributed by atoms with Crippen molar-refractivity contribution in [2.24, 2.45) is 0 Å². The molecule has 1 saturated heterocycles. The third-order valence-electron chi connectivity index (χ3n) is 5.02. The first-order valence-corrected chi connectivity index (χ1v) is 10.8. The average molecular weight is 410 g/mol. The van der Waals surface area contributed by atoms with E-state index in [9.17, 15) is 4.79 Å². The van der Waals surface area contributed by atoms with Crippen LogP contribution < -0.4 is 4.90 Å². The Morgan fingerprint density at radius 2 is 1.23 bits per heavy atom. The van der Waals surface area contributed by atoms with Crippen molar-refractivity contribution in [1.29, 1.82) is 0 Å². The van der Waals surface area contributed by atoms with Crippen LogP contribution in [0, 0.1) is 0 Å². The maximum atomic E-state index is 12.9. The van der Waals surface area contributed by atoms with Gasteiger partial charge in [0, 0.05) is 11.1 Å². The molecule has 0 aliphatic carbocycles. The van der Waals surface area contributed by atoms with Crippen molar-refractivity contribution in [3.8, 4) is 22.5 Å². The third kappa shape index (κ3) is 3.60. The monoisotopic (exact) mass is 409 g/mol. The van der Waals surface area contributed by atoms with Crippen LogP contribution in [-0.4, -0.2) is 21.6 Å². The quantitative estimate of drug-likeness (QED) is 0.441. The Morgan fingerprint density at radius 1 is 0.733 bits per heavy atom. The molecule has 5 rings (SSSR count). The van der Waals surface area contributed by atoms with Crippen molar-refractivity contribution in [2.75, 3.05) is 10.7 Å². The van der Waals surface area contributed by atoms with Crippen LogP contribution in [0.5, 0.6) is 0 Å². The normalized spacial score (nSPS) is 16.1. The molecule has 0 N–H and O–H groups in total. The smallest absolute Gasteiger partial charge is 0.240 e. The molecule has 5 heteroatoms. The number of carbonyl (C=O) groups is 1. The predicted molar refractivity (Wildman–Crippen MR) is 122 cm³/mol. The molecule has 2 heterocycles. The van der Waals surface area contributed by atoms with Gasteiger partial charge in [-0.05, 0) is 11.6 Å². The fraction of sp³-hybridized carbons (Fsp3) is 0.0800. The van der Waals surface area contributed by atoms with Crippen LogP contribution in [0.1, 0.15) is 10.9 Å². The molecular weight excluding hydrogens is 390 g/mol.